The van der Waals surface area contributed by atoms with Crippen molar-refractivity contribution in [3.8, 4) is 0 Å². The van der Waals surface area contributed by atoms with E-state index in [1.807, 2.05) is 42.5 Å². The molecule has 0 radical (unpaired) electrons. The largest absolute Gasteiger partial charge is 0.279 e. The summed E-state index contributed by atoms with van der Waals surface area (Å²) in [6.07, 6.45) is 5.05. The lowest BCUT2D eigenvalue weighted by Gasteiger charge is -2.30. The average molecular weight is 562 g/mol. The van der Waals surface area contributed by atoms with Crippen LogP contribution in [0, 0.1) is 0 Å². The number of amides is 1. The Morgan fingerprint density at radius 3 is 2.31 bits per heavy atom. The number of carbonyl (C=O) groups excluding carboxylic acids is 1. The van der Waals surface area contributed by atoms with E-state index in [0.29, 0.717) is 23.2 Å². The Kier molecular flexibility index (Phi) is 8.16. The molecule has 0 spiro atoms. The Bertz CT molecular complexity index is 1540. The minimum atomic E-state index is -3.63. The fourth-order valence-electron chi connectivity index (χ4n) is 5.26. The number of benzene rings is 3. The Hall–Kier alpha value is -3.07. The summed E-state index contributed by atoms with van der Waals surface area (Å²) in [5, 5.41) is 0.626. The molecule has 204 valence electrons. The second-order valence-electron chi connectivity index (χ2n) is 10.6. The van der Waals surface area contributed by atoms with Crippen LogP contribution in [0.5, 0.6) is 0 Å². The molecule has 0 atom stereocenters. The number of sulfonamides is 1. The van der Waals surface area contributed by atoms with E-state index in [1.54, 1.807) is 36.2 Å². The second kappa shape index (κ2) is 11.6. The van der Waals surface area contributed by atoms with Gasteiger partial charge in [-0.15, -0.1) is 0 Å². The monoisotopic (exact) mass is 561 g/mol. The standard InChI is InChI=1S/C31H35N3O3S2/c1-22(2)27-15-10-16-28-29(27)32-31(38-28)34(21-23-11-6-4-7-12-23)30(35)24-17-19-26(20-18-24)39(36,37)33(3)25-13-8-5-9-14-25/h4,6-7,10-12,15-20,22,25H,5,8-9,13-14,21H2,1-3H3. The van der Waals surface area contributed by atoms with Crippen molar-refractivity contribution in [3.63, 3.8) is 0 Å². The van der Waals surface area contributed by atoms with Crippen LogP contribution < -0.4 is 4.90 Å². The first-order chi connectivity index (χ1) is 18.8. The summed E-state index contributed by atoms with van der Waals surface area (Å²) in [4.78, 5) is 20.8. The van der Waals surface area contributed by atoms with Crippen LogP contribution >= 0.6 is 11.3 Å². The molecule has 1 aliphatic carbocycles. The van der Waals surface area contributed by atoms with Crippen molar-refractivity contribution < 1.29 is 13.2 Å². The zero-order valence-electron chi connectivity index (χ0n) is 22.7. The van der Waals surface area contributed by atoms with Crippen molar-refractivity contribution in [1.82, 2.24) is 9.29 Å². The third-order valence-electron chi connectivity index (χ3n) is 7.59. The van der Waals surface area contributed by atoms with Crippen LogP contribution in [0.25, 0.3) is 10.2 Å². The highest BCUT2D eigenvalue weighted by atomic mass is 32.2. The first kappa shape index (κ1) is 27.5. The Morgan fingerprint density at radius 1 is 0.949 bits per heavy atom. The van der Waals surface area contributed by atoms with Crippen LogP contribution in [0.3, 0.4) is 0 Å². The van der Waals surface area contributed by atoms with Crippen molar-refractivity contribution in [2.45, 2.75) is 69.4 Å². The van der Waals surface area contributed by atoms with Gasteiger partial charge in [0.25, 0.3) is 5.91 Å². The van der Waals surface area contributed by atoms with Gasteiger partial charge >= 0.3 is 0 Å². The van der Waals surface area contributed by atoms with Gasteiger partial charge in [-0.2, -0.15) is 4.31 Å². The Morgan fingerprint density at radius 2 is 1.64 bits per heavy atom. The number of para-hydroxylation sites is 1. The van der Waals surface area contributed by atoms with E-state index in [1.165, 1.54) is 15.6 Å². The summed E-state index contributed by atoms with van der Waals surface area (Å²) >= 11 is 1.50. The summed E-state index contributed by atoms with van der Waals surface area (Å²) < 4.78 is 29.2. The number of aromatic nitrogens is 1. The fourth-order valence-corrected chi connectivity index (χ4v) is 7.68. The van der Waals surface area contributed by atoms with E-state index < -0.39 is 10.0 Å². The molecule has 0 bridgehead atoms. The van der Waals surface area contributed by atoms with Crippen LogP contribution in [0.15, 0.2) is 77.7 Å². The van der Waals surface area contributed by atoms with Gasteiger partial charge in [-0.1, -0.05) is 86.9 Å². The smallest absolute Gasteiger partial charge is 0.260 e. The normalized spacial score (nSPS) is 14.8. The molecule has 1 aliphatic rings. The van der Waals surface area contributed by atoms with Crippen molar-refractivity contribution in [3.05, 3.63) is 89.5 Å². The van der Waals surface area contributed by atoms with Gasteiger partial charge in [-0.3, -0.25) is 9.69 Å². The fraction of sp³-hybridized carbons (Fsp3) is 0.355. The lowest BCUT2D eigenvalue weighted by Crippen LogP contribution is -2.38. The second-order valence-corrected chi connectivity index (χ2v) is 13.6. The lowest BCUT2D eigenvalue weighted by molar-refractivity contribution is 0.0985. The highest BCUT2D eigenvalue weighted by molar-refractivity contribution is 7.89. The van der Waals surface area contributed by atoms with Crippen molar-refractivity contribution in [2.75, 3.05) is 11.9 Å². The van der Waals surface area contributed by atoms with Crippen molar-refractivity contribution in [1.29, 1.82) is 0 Å². The maximum absolute atomic E-state index is 13.9. The molecule has 8 heteroatoms. The molecule has 3 aromatic carbocycles. The lowest BCUT2D eigenvalue weighted by atomic mass is 9.96. The van der Waals surface area contributed by atoms with E-state index in [0.717, 1.165) is 53.4 Å². The number of rotatable bonds is 8. The zero-order chi connectivity index (χ0) is 27.6. The van der Waals surface area contributed by atoms with E-state index in [4.69, 9.17) is 4.98 Å². The minimum Gasteiger partial charge on any atom is -0.279 e. The van der Waals surface area contributed by atoms with Crippen LogP contribution in [0.2, 0.25) is 0 Å². The highest BCUT2D eigenvalue weighted by Gasteiger charge is 2.30. The predicted molar refractivity (Wildman–Crippen MR) is 159 cm³/mol. The van der Waals surface area contributed by atoms with Crippen LogP contribution in [-0.4, -0.2) is 36.7 Å². The Balaban J connectivity index is 1.47. The average Bonchev–Trinajstić information content (AvgIpc) is 3.40. The maximum atomic E-state index is 13.9. The number of thiazole rings is 1. The van der Waals surface area contributed by atoms with Gasteiger partial charge in [0, 0.05) is 18.7 Å². The van der Waals surface area contributed by atoms with E-state index in [2.05, 4.69) is 19.9 Å². The topological polar surface area (TPSA) is 70.6 Å². The number of anilines is 1. The number of nitrogens with zero attached hydrogens (tertiary/aromatic N) is 3. The molecule has 1 amide bonds. The van der Waals surface area contributed by atoms with Gasteiger partial charge < -0.3 is 0 Å². The molecule has 0 unspecified atom stereocenters. The molecular formula is C31H35N3O3S2. The third-order valence-corrected chi connectivity index (χ3v) is 10.6. The van der Waals surface area contributed by atoms with Gasteiger partial charge in [0.2, 0.25) is 10.0 Å². The quantitative estimate of drug-likeness (QED) is 0.228. The molecule has 1 aromatic heterocycles. The molecule has 0 saturated heterocycles. The molecular weight excluding hydrogens is 526 g/mol. The van der Waals surface area contributed by atoms with Gasteiger partial charge in [-0.05, 0) is 60.2 Å². The molecule has 1 heterocycles. The maximum Gasteiger partial charge on any atom is 0.260 e. The molecule has 1 fully saturated rings. The van der Waals surface area contributed by atoms with E-state index >= 15 is 0 Å². The summed E-state index contributed by atoms with van der Waals surface area (Å²) in [6, 6.07) is 22.4. The van der Waals surface area contributed by atoms with Gasteiger partial charge in [0.05, 0.1) is 21.7 Å². The number of hydrogen-bond donors (Lipinski definition) is 0. The Labute approximate surface area is 235 Å². The summed E-state index contributed by atoms with van der Waals surface area (Å²) in [5.41, 5.74) is 3.49. The first-order valence-corrected chi connectivity index (χ1v) is 15.8. The van der Waals surface area contributed by atoms with Crippen molar-refractivity contribution >= 4 is 42.6 Å². The molecule has 4 aromatic rings. The molecule has 1 saturated carbocycles. The summed E-state index contributed by atoms with van der Waals surface area (Å²) in [6.45, 7) is 4.64. The molecule has 5 rings (SSSR count). The first-order valence-electron chi connectivity index (χ1n) is 13.6. The number of carbonyl (C=O) groups is 1. The zero-order valence-corrected chi connectivity index (χ0v) is 24.3. The summed E-state index contributed by atoms with van der Waals surface area (Å²) in [7, 11) is -1.96. The molecule has 0 aliphatic heterocycles. The van der Waals surface area contributed by atoms with E-state index in [9.17, 15) is 13.2 Å². The SMILES string of the molecule is CC(C)c1cccc2sc(N(Cc3ccccc3)C(=O)c3ccc(S(=O)(=O)N(C)C4CCCCC4)cc3)nc12. The molecule has 39 heavy (non-hydrogen) atoms. The van der Waals surface area contributed by atoms with Gasteiger partial charge in [0.1, 0.15) is 0 Å². The van der Waals surface area contributed by atoms with Crippen molar-refractivity contribution in [2.24, 2.45) is 0 Å². The number of fused-ring (bicyclic) bond motifs is 1. The van der Waals surface area contributed by atoms with Gasteiger partial charge in [-0.25, -0.2) is 13.4 Å². The molecule has 6 nitrogen and oxygen atoms in total. The minimum absolute atomic E-state index is 0.0289. The van der Waals surface area contributed by atoms with Crippen LogP contribution in [0.4, 0.5) is 5.13 Å². The number of hydrogen-bond acceptors (Lipinski definition) is 5. The third kappa shape index (κ3) is 5.78. The van der Waals surface area contributed by atoms with Crippen LogP contribution in [-0.2, 0) is 16.6 Å². The summed E-state index contributed by atoms with van der Waals surface area (Å²) in [5.74, 6) is 0.0942. The van der Waals surface area contributed by atoms with E-state index in [-0.39, 0.29) is 16.8 Å². The van der Waals surface area contributed by atoms with Gasteiger partial charge in [0.15, 0.2) is 5.13 Å². The highest BCUT2D eigenvalue weighted by Crippen LogP contribution is 2.35. The molecule has 0 N–H and O–H groups in total. The predicted octanol–water partition coefficient (Wildman–Crippen LogP) is 7.22. The van der Waals surface area contributed by atoms with Crippen LogP contribution in [0.1, 0.15) is 73.4 Å².